The second kappa shape index (κ2) is 7.13. The number of nitrogens with zero attached hydrogens (tertiary/aromatic N) is 1. The van der Waals surface area contributed by atoms with Gasteiger partial charge in [0.25, 0.3) is 0 Å². The normalized spacial score (nSPS) is 22.0. The molecular weight excluding hydrogens is 236 g/mol. The Morgan fingerprint density at radius 1 is 1.67 bits per heavy atom. The Balaban J connectivity index is 2.52. The minimum atomic E-state index is -0.613. The molecule has 0 aromatic heterocycles. The van der Waals surface area contributed by atoms with Crippen molar-refractivity contribution < 1.29 is 19.1 Å². The first kappa shape index (κ1) is 14.7. The highest BCUT2D eigenvalue weighted by molar-refractivity contribution is 5.81. The molecule has 1 aliphatic heterocycles. The number of hydrogen-bond donors (Lipinski definition) is 1. The van der Waals surface area contributed by atoms with Crippen LogP contribution in [0.2, 0.25) is 0 Å². The van der Waals surface area contributed by atoms with Gasteiger partial charge in [-0.15, -0.1) is 6.58 Å². The summed E-state index contributed by atoms with van der Waals surface area (Å²) in [6.45, 7) is 7.19. The summed E-state index contributed by atoms with van der Waals surface area (Å²) < 4.78 is 9.95. The fourth-order valence-electron chi connectivity index (χ4n) is 1.78. The molecule has 1 fully saturated rings. The van der Waals surface area contributed by atoms with E-state index in [0.29, 0.717) is 26.2 Å². The molecule has 102 valence electrons. The Morgan fingerprint density at radius 2 is 2.39 bits per heavy atom. The minimum Gasteiger partial charge on any atom is -0.467 e. The number of carbonyl (C=O) groups is 2. The molecule has 1 saturated heterocycles. The molecule has 0 aromatic carbocycles. The van der Waals surface area contributed by atoms with Crippen molar-refractivity contribution in [2.45, 2.75) is 19.1 Å². The summed E-state index contributed by atoms with van der Waals surface area (Å²) in [6, 6.07) is -0.305. The zero-order valence-corrected chi connectivity index (χ0v) is 10.8. The molecule has 1 heterocycles. The summed E-state index contributed by atoms with van der Waals surface area (Å²) >= 11 is 0. The van der Waals surface area contributed by atoms with Crippen molar-refractivity contribution in [3.05, 3.63) is 12.7 Å². The lowest BCUT2D eigenvalue weighted by atomic mass is 10.2. The first-order valence-electron chi connectivity index (χ1n) is 5.92. The van der Waals surface area contributed by atoms with Gasteiger partial charge in [-0.2, -0.15) is 0 Å². The van der Waals surface area contributed by atoms with Crippen molar-refractivity contribution in [2.75, 3.05) is 33.4 Å². The number of ether oxygens (including phenoxy) is 2. The lowest BCUT2D eigenvalue weighted by Gasteiger charge is -2.34. The third-order valence-corrected chi connectivity index (χ3v) is 2.91. The van der Waals surface area contributed by atoms with Crippen molar-refractivity contribution in [1.82, 2.24) is 10.2 Å². The van der Waals surface area contributed by atoms with Crippen molar-refractivity contribution in [2.24, 2.45) is 0 Å². The summed E-state index contributed by atoms with van der Waals surface area (Å²) in [5, 5.41) is 2.73. The molecule has 2 unspecified atom stereocenters. The minimum absolute atomic E-state index is 0.0829. The molecule has 0 aromatic rings. The van der Waals surface area contributed by atoms with Crippen LogP contribution in [-0.4, -0.2) is 62.3 Å². The number of carbonyl (C=O) groups excluding carboxylic acids is 2. The van der Waals surface area contributed by atoms with Gasteiger partial charge in [-0.05, 0) is 6.92 Å². The summed E-state index contributed by atoms with van der Waals surface area (Å²) in [5.41, 5.74) is 0. The quantitative estimate of drug-likeness (QED) is 0.533. The molecule has 0 radical (unpaired) electrons. The average Bonchev–Trinajstić information content (AvgIpc) is 2.43. The van der Waals surface area contributed by atoms with Crippen LogP contribution in [-0.2, 0) is 19.1 Å². The van der Waals surface area contributed by atoms with Gasteiger partial charge < -0.3 is 14.8 Å². The standard InChI is InChI=1S/C12H20N2O4/c1-4-5-13-11(15)9(2)14-6-7-18-10(8-14)12(16)17-3/h4,9-10H,1,5-8H2,2-3H3,(H,13,15). The van der Waals surface area contributed by atoms with E-state index in [4.69, 9.17) is 4.74 Å². The maximum atomic E-state index is 11.8. The number of methoxy groups -OCH3 is 1. The fraction of sp³-hybridized carbons (Fsp3) is 0.667. The van der Waals surface area contributed by atoms with Crippen molar-refractivity contribution in [3.63, 3.8) is 0 Å². The molecule has 18 heavy (non-hydrogen) atoms. The molecule has 6 nitrogen and oxygen atoms in total. The lowest BCUT2D eigenvalue weighted by molar-refractivity contribution is -0.161. The third kappa shape index (κ3) is 3.82. The van der Waals surface area contributed by atoms with E-state index in [-0.39, 0.29) is 11.9 Å². The van der Waals surface area contributed by atoms with Crippen LogP contribution in [0.25, 0.3) is 0 Å². The van der Waals surface area contributed by atoms with E-state index in [1.54, 1.807) is 13.0 Å². The topological polar surface area (TPSA) is 67.9 Å². The second-order valence-electron chi connectivity index (χ2n) is 4.09. The Morgan fingerprint density at radius 3 is 3.00 bits per heavy atom. The zero-order chi connectivity index (χ0) is 13.5. The molecule has 1 N–H and O–H groups in total. The summed E-state index contributed by atoms with van der Waals surface area (Å²) in [5.74, 6) is -0.487. The molecule has 0 aliphatic carbocycles. The Hall–Kier alpha value is -1.40. The van der Waals surface area contributed by atoms with Gasteiger partial charge in [0.15, 0.2) is 6.10 Å². The third-order valence-electron chi connectivity index (χ3n) is 2.91. The molecule has 0 spiro atoms. The molecule has 6 heteroatoms. The van der Waals surface area contributed by atoms with Crippen LogP contribution in [0.4, 0.5) is 0 Å². The Labute approximate surface area is 107 Å². The van der Waals surface area contributed by atoms with E-state index >= 15 is 0 Å². The van der Waals surface area contributed by atoms with Gasteiger partial charge in [-0.1, -0.05) is 6.08 Å². The van der Waals surface area contributed by atoms with Gasteiger partial charge >= 0.3 is 5.97 Å². The number of hydrogen-bond acceptors (Lipinski definition) is 5. The van der Waals surface area contributed by atoms with Gasteiger partial charge in [0.05, 0.1) is 19.8 Å². The largest absolute Gasteiger partial charge is 0.467 e. The van der Waals surface area contributed by atoms with E-state index in [2.05, 4.69) is 16.6 Å². The first-order valence-corrected chi connectivity index (χ1v) is 5.92. The highest BCUT2D eigenvalue weighted by Gasteiger charge is 2.31. The maximum absolute atomic E-state index is 11.8. The van der Waals surface area contributed by atoms with Crippen LogP contribution < -0.4 is 5.32 Å². The van der Waals surface area contributed by atoms with Gasteiger partial charge in [-0.25, -0.2) is 4.79 Å². The van der Waals surface area contributed by atoms with Gasteiger partial charge in [0.1, 0.15) is 0 Å². The highest BCUT2D eigenvalue weighted by Crippen LogP contribution is 2.10. The number of morpholine rings is 1. The highest BCUT2D eigenvalue weighted by atomic mass is 16.6. The molecule has 1 amide bonds. The second-order valence-corrected chi connectivity index (χ2v) is 4.09. The molecule has 1 rings (SSSR count). The van der Waals surface area contributed by atoms with E-state index in [1.807, 2.05) is 4.90 Å². The van der Waals surface area contributed by atoms with Crippen molar-refractivity contribution >= 4 is 11.9 Å². The van der Waals surface area contributed by atoms with Gasteiger partial charge in [0, 0.05) is 19.6 Å². The Kier molecular flexibility index (Phi) is 5.80. The van der Waals surface area contributed by atoms with Crippen molar-refractivity contribution in [3.8, 4) is 0 Å². The molecule has 0 saturated carbocycles. The Bertz CT molecular complexity index is 319. The summed E-state index contributed by atoms with van der Waals surface area (Å²) in [6.07, 6.45) is 1.01. The number of amides is 1. The number of esters is 1. The fourth-order valence-corrected chi connectivity index (χ4v) is 1.78. The monoisotopic (exact) mass is 256 g/mol. The number of rotatable bonds is 5. The summed E-state index contributed by atoms with van der Waals surface area (Å²) in [7, 11) is 1.32. The molecule has 2 atom stereocenters. The van der Waals surface area contributed by atoms with E-state index in [1.165, 1.54) is 7.11 Å². The van der Waals surface area contributed by atoms with Crippen molar-refractivity contribution in [1.29, 1.82) is 0 Å². The van der Waals surface area contributed by atoms with Crippen LogP contribution in [0.3, 0.4) is 0 Å². The maximum Gasteiger partial charge on any atom is 0.336 e. The van der Waals surface area contributed by atoms with E-state index in [0.717, 1.165) is 0 Å². The van der Waals surface area contributed by atoms with Gasteiger partial charge in [-0.3, -0.25) is 9.69 Å². The first-order chi connectivity index (χ1) is 8.60. The van der Waals surface area contributed by atoms with Crippen LogP contribution in [0, 0.1) is 0 Å². The average molecular weight is 256 g/mol. The summed E-state index contributed by atoms with van der Waals surface area (Å²) in [4.78, 5) is 25.1. The molecule has 1 aliphatic rings. The van der Waals surface area contributed by atoms with Crippen LogP contribution >= 0.6 is 0 Å². The predicted octanol–water partition coefficient (Wildman–Crippen LogP) is -0.449. The zero-order valence-electron chi connectivity index (χ0n) is 10.8. The van der Waals surface area contributed by atoms with Crippen LogP contribution in [0.15, 0.2) is 12.7 Å². The lowest BCUT2D eigenvalue weighted by Crippen LogP contribution is -2.54. The van der Waals surface area contributed by atoms with Gasteiger partial charge in [0.2, 0.25) is 5.91 Å². The van der Waals surface area contributed by atoms with E-state index in [9.17, 15) is 9.59 Å². The van der Waals surface area contributed by atoms with Crippen LogP contribution in [0.1, 0.15) is 6.92 Å². The predicted molar refractivity (Wildman–Crippen MR) is 66.0 cm³/mol. The number of nitrogens with one attached hydrogen (secondary N) is 1. The molecular formula is C12H20N2O4. The van der Waals surface area contributed by atoms with E-state index < -0.39 is 12.1 Å². The van der Waals surface area contributed by atoms with Crippen LogP contribution in [0.5, 0.6) is 0 Å². The molecule has 0 bridgehead atoms. The SMILES string of the molecule is C=CCNC(=O)C(C)N1CCOC(C(=O)OC)C1. The smallest absolute Gasteiger partial charge is 0.336 e.